The number of carbonyl (C=O) groups excluding carboxylic acids is 1. The Balaban J connectivity index is 2.21. The molecule has 0 radical (unpaired) electrons. The van der Waals surface area contributed by atoms with Gasteiger partial charge in [0.1, 0.15) is 5.78 Å². The number of rotatable bonds is 1. The Morgan fingerprint density at radius 1 is 1.22 bits per heavy atom. The van der Waals surface area contributed by atoms with Gasteiger partial charge in [-0.2, -0.15) is 0 Å². The highest BCUT2D eigenvalue weighted by molar-refractivity contribution is 5.85. The van der Waals surface area contributed by atoms with Crippen molar-refractivity contribution in [2.45, 2.75) is 72.0 Å². The van der Waals surface area contributed by atoms with Gasteiger partial charge in [0.15, 0.2) is 0 Å². The van der Waals surface area contributed by atoms with Gasteiger partial charge in [0, 0.05) is 23.2 Å². The molecule has 3 aliphatic rings. The first-order valence-corrected chi connectivity index (χ1v) is 9.16. The molecule has 0 saturated heterocycles. The average molecular weight is 320 g/mol. The number of Topliss-reactive ketones (excluding diaryl/α,β-unsaturated/α-hetero) is 1. The van der Waals surface area contributed by atoms with Crippen LogP contribution in [0.15, 0.2) is 12.7 Å². The molecule has 2 N–H and O–H groups in total. The van der Waals surface area contributed by atoms with E-state index in [1.807, 2.05) is 13.0 Å². The van der Waals surface area contributed by atoms with Crippen LogP contribution in [0.2, 0.25) is 0 Å². The van der Waals surface area contributed by atoms with Gasteiger partial charge in [-0.25, -0.2) is 0 Å². The third-order valence-corrected chi connectivity index (χ3v) is 8.21. The molecule has 130 valence electrons. The van der Waals surface area contributed by atoms with Crippen LogP contribution >= 0.6 is 0 Å². The number of carbonyl (C=O) groups is 1. The highest BCUT2D eigenvalue weighted by Crippen LogP contribution is 2.67. The van der Waals surface area contributed by atoms with E-state index < -0.39 is 17.6 Å². The van der Waals surface area contributed by atoms with Gasteiger partial charge in [-0.05, 0) is 42.9 Å². The van der Waals surface area contributed by atoms with E-state index in [0.717, 1.165) is 19.3 Å². The monoisotopic (exact) mass is 320 g/mol. The normalized spacial score (nSPS) is 56.6. The first-order chi connectivity index (χ1) is 10.6. The molecule has 0 amide bonds. The molecule has 3 saturated carbocycles. The molecule has 0 aromatic heterocycles. The van der Waals surface area contributed by atoms with Gasteiger partial charge >= 0.3 is 0 Å². The van der Waals surface area contributed by atoms with Gasteiger partial charge in [-0.3, -0.25) is 4.79 Å². The fourth-order valence-corrected chi connectivity index (χ4v) is 6.52. The molecule has 2 bridgehead atoms. The molecule has 3 aliphatic carbocycles. The van der Waals surface area contributed by atoms with E-state index in [1.54, 1.807) is 0 Å². The quantitative estimate of drug-likeness (QED) is 0.729. The van der Waals surface area contributed by atoms with Crippen LogP contribution in [0.4, 0.5) is 0 Å². The van der Waals surface area contributed by atoms with Crippen molar-refractivity contribution >= 4 is 5.78 Å². The van der Waals surface area contributed by atoms with Crippen LogP contribution in [0.3, 0.4) is 0 Å². The summed E-state index contributed by atoms with van der Waals surface area (Å²) in [6, 6.07) is 0. The topological polar surface area (TPSA) is 57.5 Å². The SMILES string of the molecule is C=CC1(C)CC(O)C2(C)CCC(C)C3(CCC(=O)C23)C(C)C1O. The average Bonchev–Trinajstić information content (AvgIpc) is 2.88. The summed E-state index contributed by atoms with van der Waals surface area (Å²) >= 11 is 0. The van der Waals surface area contributed by atoms with Gasteiger partial charge < -0.3 is 10.2 Å². The van der Waals surface area contributed by atoms with E-state index in [0.29, 0.717) is 24.5 Å². The second-order valence-electron chi connectivity index (χ2n) is 9.12. The molecule has 3 nitrogen and oxygen atoms in total. The molecule has 0 aliphatic heterocycles. The fraction of sp³-hybridized carbons (Fsp3) is 0.850. The van der Waals surface area contributed by atoms with Crippen LogP contribution in [0.25, 0.3) is 0 Å². The van der Waals surface area contributed by atoms with E-state index in [9.17, 15) is 15.0 Å². The smallest absolute Gasteiger partial charge is 0.137 e. The highest BCUT2D eigenvalue weighted by Gasteiger charge is 2.67. The largest absolute Gasteiger partial charge is 0.393 e. The summed E-state index contributed by atoms with van der Waals surface area (Å²) in [7, 11) is 0. The van der Waals surface area contributed by atoms with Crippen molar-refractivity contribution in [3.8, 4) is 0 Å². The lowest BCUT2D eigenvalue weighted by atomic mass is 9.43. The van der Waals surface area contributed by atoms with Crippen LogP contribution in [0, 0.1) is 34.0 Å². The van der Waals surface area contributed by atoms with E-state index in [2.05, 4.69) is 27.4 Å². The van der Waals surface area contributed by atoms with Crippen molar-refractivity contribution in [1.82, 2.24) is 0 Å². The maximum Gasteiger partial charge on any atom is 0.137 e. The lowest BCUT2D eigenvalue weighted by molar-refractivity contribution is -0.191. The zero-order valence-corrected chi connectivity index (χ0v) is 15.0. The minimum atomic E-state index is -0.577. The first kappa shape index (κ1) is 17.2. The molecule has 3 heteroatoms. The van der Waals surface area contributed by atoms with Gasteiger partial charge in [-0.15, -0.1) is 6.58 Å². The molecule has 23 heavy (non-hydrogen) atoms. The lowest BCUT2D eigenvalue weighted by Gasteiger charge is -2.61. The minimum Gasteiger partial charge on any atom is -0.393 e. The van der Waals surface area contributed by atoms with Crippen molar-refractivity contribution < 1.29 is 15.0 Å². The summed E-state index contributed by atoms with van der Waals surface area (Å²) in [5, 5.41) is 22.3. The number of hydrogen-bond acceptors (Lipinski definition) is 3. The molecule has 0 spiro atoms. The van der Waals surface area contributed by atoms with Gasteiger partial charge in [0.25, 0.3) is 0 Å². The Morgan fingerprint density at radius 2 is 1.87 bits per heavy atom. The second kappa shape index (κ2) is 5.16. The third-order valence-electron chi connectivity index (χ3n) is 8.21. The summed E-state index contributed by atoms with van der Waals surface area (Å²) in [5.41, 5.74) is -1.07. The second-order valence-corrected chi connectivity index (χ2v) is 9.12. The number of aliphatic hydroxyl groups is 2. The van der Waals surface area contributed by atoms with E-state index in [-0.39, 0.29) is 22.7 Å². The van der Waals surface area contributed by atoms with Crippen LogP contribution in [-0.2, 0) is 4.79 Å². The van der Waals surface area contributed by atoms with Crippen LogP contribution < -0.4 is 0 Å². The van der Waals surface area contributed by atoms with Crippen molar-refractivity contribution in [2.24, 2.45) is 34.0 Å². The van der Waals surface area contributed by atoms with Crippen LogP contribution in [-0.4, -0.2) is 28.2 Å². The Kier molecular flexibility index (Phi) is 3.85. The zero-order valence-electron chi connectivity index (χ0n) is 15.0. The predicted molar refractivity (Wildman–Crippen MR) is 90.8 cm³/mol. The predicted octanol–water partition coefficient (Wildman–Crippen LogP) is 3.34. The molecule has 3 rings (SSSR count). The summed E-state index contributed by atoms with van der Waals surface area (Å²) in [5.74, 6) is 0.618. The van der Waals surface area contributed by atoms with Crippen LogP contribution in [0.1, 0.15) is 59.8 Å². The Bertz CT molecular complexity index is 529. The summed E-state index contributed by atoms with van der Waals surface area (Å²) in [4.78, 5) is 12.8. The van der Waals surface area contributed by atoms with E-state index >= 15 is 0 Å². The number of aliphatic hydroxyl groups excluding tert-OH is 2. The van der Waals surface area contributed by atoms with E-state index in [4.69, 9.17) is 0 Å². The molecule has 8 unspecified atom stereocenters. The van der Waals surface area contributed by atoms with Gasteiger partial charge in [-0.1, -0.05) is 33.8 Å². The van der Waals surface area contributed by atoms with Crippen molar-refractivity contribution in [3.05, 3.63) is 12.7 Å². The molecule has 0 aromatic rings. The van der Waals surface area contributed by atoms with Crippen molar-refractivity contribution in [1.29, 1.82) is 0 Å². The Hall–Kier alpha value is -0.670. The fourth-order valence-electron chi connectivity index (χ4n) is 6.52. The Labute approximate surface area is 140 Å². The Morgan fingerprint density at radius 3 is 2.48 bits per heavy atom. The lowest BCUT2D eigenvalue weighted by Crippen LogP contribution is -2.62. The summed E-state index contributed by atoms with van der Waals surface area (Å²) in [6.45, 7) is 12.4. The standard InChI is InChI=1S/C20H32O3/c1-6-18(4)11-15(22)19(5)9-7-12(2)20(13(3)17(18)23)10-8-14(21)16(19)20/h6,12-13,15-17,22-23H,1,7-11H2,2-5H3. The summed E-state index contributed by atoms with van der Waals surface area (Å²) in [6.07, 6.45) is 4.51. The molecular formula is C20H32O3. The molecule has 0 aromatic carbocycles. The minimum absolute atomic E-state index is 0.0316. The molecule has 0 heterocycles. The molecule has 3 fully saturated rings. The first-order valence-electron chi connectivity index (χ1n) is 9.16. The summed E-state index contributed by atoms with van der Waals surface area (Å²) < 4.78 is 0. The zero-order chi connectivity index (χ0) is 17.2. The molecule has 8 atom stereocenters. The number of ketones is 1. The van der Waals surface area contributed by atoms with E-state index in [1.165, 1.54) is 0 Å². The maximum absolute atomic E-state index is 12.8. The highest BCUT2D eigenvalue weighted by atomic mass is 16.3. The van der Waals surface area contributed by atoms with Crippen LogP contribution in [0.5, 0.6) is 0 Å². The van der Waals surface area contributed by atoms with Crippen molar-refractivity contribution in [3.63, 3.8) is 0 Å². The van der Waals surface area contributed by atoms with Gasteiger partial charge in [0.05, 0.1) is 12.2 Å². The van der Waals surface area contributed by atoms with Crippen molar-refractivity contribution in [2.75, 3.05) is 0 Å². The molecular weight excluding hydrogens is 288 g/mol. The number of hydrogen-bond donors (Lipinski definition) is 2. The third kappa shape index (κ3) is 1.99. The van der Waals surface area contributed by atoms with Gasteiger partial charge in [0.2, 0.25) is 0 Å². The maximum atomic E-state index is 12.8.